The van der Waals surface area contributed by atoms with E-state index in [4.69, 9.17) is 0 Å². The van der Waals surface area contributed by atoms with Crippen molar-refractivity contribution in [1.82, 2.24) is 15.2 Å². The van der Waals surface area contributed by atoms with Crippen LogP contribution >= 0.6 is 0 Å². The zero-order valence-corrected chi connectivity index (χ0v) is 16.6. The normalized spacial score (nSPS) is 30.1. The molecule has 3 aromatic rings. The molecule has 0 bridgehead atoms. The number of para-hydroxylation sites is 1. The second kappa shape index (κ2) is 6.43. The van der Waals surface area contributed by atoms with Crippen molar-refractivity contribution in [3.63, 3.8) is 0 Å². The van der Waals surface area contributed by atoms with Gasteiger partial charge < -0.3 is 10.3 Å². The first-order chi connectivity index (χ1) is 13.6. The molecule has 0 amide bonds. The first-order valence-electron chi connectivity index (χ1n) is 10.3. The minimum absolute atomic E-state index is 0.267. The van der Waals surface area contributed by atoms with E-state index in [1.165, 1.54) is 16.5 Å². The molecule has 1 spiro atoms. The Bertz CT molecular complexity index is 996. The Kier molecular flexibility index (Phi) is 4.11. The summed E-state index contributed by atoms with van der Waals surface area (Å²) in [5, 5.41) is 4.85. The van der Waals surface area contributed by atoms with Gasteiger partial charge in [-0.25, -0.2) is 4.39 Å². The van der Waals surface area contributed by atoms with E-state index in [1.54, 1.807) is 0 Å². The molecule has 3 atom stereocenters. The Labute approximate surface area is 165 Å². The fourth-order valence-electron chi connectivity index (χ4n) is 5.63. The van der Waals surface area contributed by atoms with Gasteiger partial charge in [0.15, 0.2) is 0 Å². The summed E-state index contributed by atoms with van der Waals surface area (Å²) < 4.78 is 16.2. The van der Waals surface area contributed by atoms with Crippen LogP contribution in [0.25, 0.3) is 10.9 Å². The summed E-state index contributed by atoms with van der Waals surface area (Å²) in [6, 6.07) is 18.8. The van der Waals surface area contributed by atoms with E-state index in [0.29, 0.717) is 6.42 Å². The number of aromatic amines is 1. The molecule has 0 saturated heterocycles. The van der Waals surface area contributed by atoms with Gasteiger partial charge in [0.1, 0.15) is 6.17 Å². The lowest BCUT2D eigenvalue weighted by Crippen LogP contribution is -2.61. The molecule has 1 aliphatic heterocycles. The summed E-state index contributed by atoms with van der Waals surface area (Å²) in [5.41, 5.74) is 3.83. The third kappa shape index (κ3) is 2.41. The molecule has 3 unspecified atom stereocenters. The Morgan fingerprint density at radius 2 is 1.75 bits per heavy atom. The van der Waals surface area contributed by atoms with Crippen molar-refractivity contribution in [3.05, 3.63) is 71.4 Å². The predicted octanol–water partition coefficient (Wildman–Crippen LogP) is 4.49. The number of fused-ring (bicyclic) bond motifs is 4. The van der Waals surface area contributed by atoms with Crippen molar-refractivity contribution >= 4 is 10.9 Å². The summed E-state index contributed by atoms with van der Waals surface area (Å²) in [5.74, 6) is 0. The van der Waals surface area contributed by atoms with Crippen LogP contribution in [0.5, 0.6) is 0 Å². The molecule has 4 heteroatoms. The predicted molar refractivity (Wildman–Crippen MR) is 112 cm³/mol. The summed E-state index contributed by atoms with van der Waals surface area (Å²) >= 11 is 0. The number of alkyl halides is 1. The molecule has 2 heterocycles. The molecule has 5 rings (SSSR count). The van der Waals surface area contributed by atoms with Gasteiger partial charge >= 0.3 is 0 Å². The zero-order chi connectivity index (χ0) is 19.4. The quantitative estimate of drug-likeness (QED) is 0.690. The van der Waals surface area contributed by atoms with Crippen molar-refractivity contribution < 1.29 is 4.39 Å². The molecule has 1 fully saturated rings. The van der Waals surface area contributed by atoms with E-state index in [1.807, 2.05) is 12.1 Å². The lowest BCUT2D eigenvalue weighted by Gasteiger charge is -2.53. The average Bonchev–Trinajstić information content (AvgIpc) is 3.11. The molecule has 2 aromatic carbocycles. The summed E-state index contributed by atoms with van der Waals surface area (Å²) in [7, 11) is 4.17. The number of halogens is 1. The maximum atomic E-state index is 16.2. The highest BCUT2D eigenvalue weighted by molar-refractivity contribution is 5.85. The largest absolute Gasteiger partial charge is 0.357 e. The van der Waals surface area contributed by atoms with E-state index >= 15 is 4.39 Å². The highest BCUT2D eigenvalue weighted by Crippen LogP contribution is 2.51. The molecule has 2 aliphatic rings. The lowest BCUT2D eigenvalue weighted by molar-refractivity contribution is -0.0146. The van der Waals surface area contributed by atoms with Crippen LogP contribution < -0.4 is 5.32 Å². The van der Waals surface area contributed by atoms with Gasteiger partial charge in [0.2, 0.25) is 0 Å². The topological polar surface area (TPSA) is 31.1 Å². The second-order valence-corrected chi connectivity index (χ2v) is 8.64. The molecule has 28 heavy (non-hydrogen) atoms. The van der Waals surface area contributed by atoms with Crippen molar-refractivity contribution in [3.8, 4) is 0 Å². The van der Waals surface area contributed by atoms with Gasteiger partial charge in [-0.3, -0.25) is 4.90 Å². The van der Waals surface area contributed by atoms with E-state index in [2.05, 4.69) is 71.8 Å². The van der Waals surface area contributed by atoms with Crippen LogP contribution in [0.1, 0.15) is 36.1 Å². The van der Waals surface area contributed by atoms with Gasteiger partial charge in [-0.05, 0) is 50.6 Å². The standard InChI is InChI=1S/C24H28FN3/c1-28(2)23(17-8-4-3-5-9-17)13-14-24(21(25)16-23)22-19(12-15-26-24)18-10-6-7-11-20(18)27-22/h3-11,21,26-27H,12-16H2,1-2H3. The molecular formula is C24H28FN3. The molecule has 3 nitrogen and oxygen atoms in total. The minimum atomic E-state index is -0.962. The van der Waals surface area contributed by atoms with Crippen LogP contribution in [0.3, 0.4) is 0 Å². The molecular weight excluding hydrogens is 349 g/mol. The number of benzene rings is 2. The van der Waals surface area contributed by atoms with Crippen LogP contribution in [0.4, 0.5) is 4.39 Å². The average molecular weight is 378 g/mol. The number of nitrogens with one attached hydrogen (secondary N) is 2. The van der Waals surface area contributed by atoms with Gasteiger partial charge in [-0.1, -0.05) is 48.5 Å². The summed E-state index contributed by atoms with van der Waals surface area (Å²) in [4.78, 5) is 5.81. The fraction of sp³-hybridized carbons (Fsp3) is 0.417. The van der Waals surface area contributed by atoms with Gasteiger partial charge in [0.05, 0.1) is 5.54 Å². The minimum Gasteiger partial charge on any atom is -0.357 e. The molecule has 0 radical (unpaired) electrons. The number of nitrogens with zero attached hydrogens (tertiary/aromatic N) is 1. The maximum absolute atomic E-state index is 16.2. The fourth-order valence-corrected chi connectivity index (χ4v) is 5.63. The number of rotatable bonds is 2. The highest BCUT2D eigenvalue weighted by atomic mass is 19.1. The Morgan fingerprint density at radius 3 is 2.50 bits per heavy atom. The van der Waals surface area contributed by atoms with Crippen molar-refractivity contribution in [2.24, 2.45) is 0 Å². The van der Waals surface area contributed by atoms with E-state index in [9.17, 15) is 0 Å². The maximum Gasteiger partial charge on any atom is 0.126 e. The molecule has 1 saturated carbocycles. The van der Waals surface area contributed by atoms with Gasteiger partial charge in [0.25, 0.3) is 0 Å². The second-order valence-electron chi connectivity index (χ2n) is 8.64. The van der Waals surface area contributed by atoms with E-state index in [0.717, 1.165) is 37.0 Å². The van der Waals surface area contributed by atoms with Crippen LogP contribution in [-0.2, 0) is 17.5 Å². The Balaban J connectivity index is 1.58. The number of H-pyrrole nitrogens is 1. The molecule has 2 N–H and O–H groups in total. The van der Waals surface area contributed by atoms with Crippen LogP contribution in [0.15, 0.2) is 54.6 Å². The third-order valence-corrected chi connectivity index (χ3v) is 7.23. The number of aromatic nitrogens is 1. The SMILES string of the molecule is CN(C)C1(c2ccccc2)CCC2(NCCc3c2[nH]c2ccccc32)C(F)C1. The van der Waals surface area contributed by atoms with Crippen molar-refractivity contribution in [1.29, 1.82) is 0 Å². The van der Waals surface area contributed by atoms with Gasteiger partial charge in [0, 0.05) is 35.1 Å². The number of hydrogen-bond acceptors (Lipinski definition) is 2. The van der Waals surface area contributed by atoms with Crippen LogP contribution in [0.2, 0.25) is 0 Å². The van der Waals surface area contributed by atoms with Crippen LogP contribution in [-0.4, -0.2) is 36.7 Å². The number of hydrogen-bond donors (Lipinski definition) is 2. The highest BCUT2D eigenvalue weighted by Gasteiger charge is 2.54. The molecule has 1 aliphatic carbocycles. The first kappa shape index (κ1) is 17.9. The van der Waals surface area contributed by atoms with Crippen molar-refractivity contribution in [2.45, 2.75) is 42.9 Å². The zero-order valence-electron chi connectivity index (χ0n) is 16.6. The lowest BCUT2D eigenvalue weighted by atomic mass is 9.65. The molecule has 1 aromatic heterocycles. The van der Waals surface area contributed by atoms with Gasteiger partial charge in [-0.15, -0.1) is 0 Å². The first-order valence-corrected chi connectivity index (χ1v) is 10.3. The Morgan fingerprint density at radius 1 is 1.00 bits per heavy atom. The summed E-state index contributed by atoms with van der Waals surface area (Å²) in [6.45, 7) is 0.829. The van der Waals surface area contributed by atoms with Gasteiger partial charge in [-0.2, -0.15) is 0 Å². The molecule has 146 valence electrons. The Hall–Kier alpha value is -2.17. The van der Waals surface area contributed by atoms with Crippen molar-refractivity contribution in [2.75, 3.05) is 20.6 Å². The van der Waals surface area contributed by atoms with Crippen LogP contribution in [0, 0.1) is 0 Å². The smallest absolute Gasteiger partial charge is 0.126 e. The monoisotopic (exact) mass is 377 g/mol. The third-order valence-electron chi connectivity index (χ3n) is 7.23. The van der Waals surface area contributed by atoms with E-state index < -0.39 is 11.7 Å². The van der Waals surface area contributed by atoms with E-state index in [-0.39, 0.29) is 5.54 Å². The summed E-state index contributed by atoms with van der Waals surface area (Å²) in [6.07, 6.45) is 2.18.